The maximum Gasteiger partial charge on any atom is 0.191 e. The number of nitrogens with one attached hydrogen (secondary N) is 2. The van der Waals surface area contributed by atoms with Gasteiger partial charge in [-0.25, -0.2) is 0 Å². The summed E-state index contributed by atoms with van der Waals surface area (Å²) in [5.41, 5.74) is 0.184. The minimum Gasteiger partial charge on any atom is -0.385 e. The molecule has 1 heterocycles. The lowest BCUT2D eigenvalue weighted by Gasteiger charge is -2.54. The van der Waals surface area contributed by atoms with E-state index in [0.717, 1.165) is 45.1 Å². The highest BCUT2D eigenvalue weighted by Crippen LogP contribution is 2.51. The van der Waals surface area contributed by atoms with Crippen molar-refractivity contribution in [1.29, 1.82) is 0 Å². The number of nitrogens with zero attached hydrogens (tertiary/aromatic N) is 1. The zero-order chi connectivity index (χ0) is 14.6. The number of ether oxygens (including phenoxy) is 2. The van der Waals surface area contributed by atoms with E-state index in [2.05, 4.69) is 36.4 Å². The van der Waals surface area contributed by atoms with Crippen LogP contribution in [0.15, 0.2) is 4.99 Å². The molecule has 3 atom stereocenters. The fourth-order valence-corrected chi connectivity index (χ4v) is 3.48. The number of rotatable bonds is 6. The molecule has 2 rings (SSSR count). The zero-order valence-electron chi connectivity index (χ0n) is 13.6. The van der Waals surface area contributed by atoms with Crippen LogP contribution in [0.1, 0.15) is 33.6 Å². The molecule has 1 saturated heterocycles. The average molecular weight is 411 g/mol. The standard InChI is InChI=1S/C15H29N3O2.HI/c1-5-16-14(17-8-6-9-19-4)18-12-11-7-10-20-13(11)15(12,2)3;/h11-13H,5-10H2,1-4H3,(H2,16,17,18);1H. The summed E-state index contributed by atoms with van der Waals surface area (Å²) in [7, 11) is 1.73. The minimum atomic E-state index is 0. The molecule has 5 nitrogen and oxygen atoms in total. The van der Waals surface area contributed by atoms with Gasteiger partial charge in [-0.3, -0.25) is 4.99 Å². The number of aliphatic imine (C=N–C) groups is 1. The van der Waals surface area contributed by atoms with Gasteiger partial charge in [0.25, 0.3) is 0 Å². The summed E-state index contributed by atoms with van der Waals surface area (Å²) in [6.07, 6.45) is 2.53. The predicted octanol–water partition coefficient (Wildman–Crippen LogP) is 2.01. The summed E-state index contributed by atoms with van der Waals surface area (Å²) >= 11 is 0. The van der Waals surface area contributed by atoms with Gasteiger partial charge in [-0.2, -0.15) is 0 Å². The van der Waals surface area contributed by atoms with E-state index in [9.17, 15) is 0 Å². The minimum absolute atomic E-state index is 0. The summed E-state index contributed by atoms with van der Waals surface area (Å²) < 4.78 is 10.9. The van der Waals surface area contributed by atoms with E-state index in [1.165, 1.54) is 0 Å². The third-order valence-corrected chi connectivity index (χ3v) is 4.51. The second-order valence-corrected chi connectivity index (χ2v) is 6.29. The van der Waals surface area contributed by atoms with Gasteiger partial charge in [0, 0.05) is 50.8 Å². The Bertz CT molecular complexity index is 350. The Morgan fingerprint density at radius 1 is 1.43 bits per heavy atom. The van der Waals surface area contributed by atoms with E-state index in [4.69, 9.17) is 9.47 Å². The summed E-state index contributed by atoms with van der Waals surface area (Å²) in [6, 6.07) is 0.454. The van der Waals surface area contributed by atoms with E-state index in [0.29, 0.717) is 18.1 Å². The first-order valence-corrected chi connectivity index (χ1v) is 7.76. The molecule has 0 aromatic rings. The van der Waals surface area contributed by atoms with Gasteiger partial charge in [0.1, 0.15) is 0 Å². The molecule has 0 bridgehead atoms. The van der Waals surface area contributed by atoms with E-state index >= 15 is 0 Å². The number of fused-ring (bicyclic) bond motifs is 1. The molecule has 21 heavy (non-hydrogen) atoms. The van der Waals surface area contributed by atoms with Crippen molar-refractivity contribution in [3.05, 3.63) is 0 Å². The van der Waals surface area contributed by atoms with Crippen molar-refractivity contribution in [3.63, 3.8) is 0 Å². The topological polar surface area (TPSA) is 54.9 Å². The molecule has 0 amide bonds. The van der Waals surface area contributed by atoms with E-state index in [1.807, 2.05) is 0 Å². The monoisotopic (exact) mass is 411 g/mol. The van der Waals surface area contributed by atoms with Crippen molar-refractivity contribution in [2.75, 3.05) is 33.4 Å². The molecular formula is C15H30IN3O2. The lowest BCUT2D eigenvalue weighted by Crippen LogP contribution is -2.67. The smallest absolute Gasteiger partial charge is 0.191 e. The van der Waals surface area contributed by atoms with Gasteiger partial charge in [-0.15, -0.1) is 24.0 Å². The number of methoxy groups -OCH3 is 1. The highest BCUT2D eigenvalue weighted by Gasteiger charge is 2.59. The maximum atomic E-state index is 5.84. The van der Waals surface area contributed by atoms with Crippen LogP contribution in [0.2, 0.25) is 0 Å². The van der Waals surface area contributed by atoms with Crippen LogP contribution in [-0.2, 0) is 9.47 Å². The number of hydrogen-bond donors (Lipinski definition) is 2. The Labute approximate surface area is 145 Å². The van der Waals surface area contributed by atoms with Crippen LogP contribution < -0.4 is 10.6 Å². The van der Waals surface area contributed by atoms with Crippen molar-refractivity contribution in [2.45, 2.75) is 45.8 Å². The molecule has 3 unspecified atom stereocenters. The lowest BCUT2D eigenvalue weighted by atomic mass is 9.57. The molecule has 124 valence electrons. The van der Waals surface area contributed by atoms with Crippen LogP contribution in [0.25, 0.3) is 0 Å². The van der Waals surface area contributed by atoms with Gasteiger partial charge >= 0.3 is 0 Å². The molecule has 0 aromatic heterocycles. The molecule has 0 spiro atoms. The van der Waals surface area contributed by atoms with Crippen LogP contribution >= 0.6 is 24.0 Å². The highest BCUT2D eigenvalue weighted by molar-refractivity contribution is 14.0. The maximum absolute atomic E-state index is 5.84. The molecular weight excluding hydrogens is 381 g/mol. The third-order valence-electron chi connectivity index (χ3n) is 4.51. The third kappa shape index (κ3) is 4.22. The first kappa shape index (κ1) is 19.0. The molecule has 0 radical (unpaired) electrons. The number of halogens is 1. The van der Waals surface area contributed by atoms with Crippen LogP contribution in [0.3, 0.4) is 0 Å². The van der Waals surface area contributed by atoms with Crippen LogP contribution in [-0.4, -0.2) is 51.5 Å². The van der Waals surface area contributed by atoms with Crippen LogP contribution in [0.4, 0.5) is 0 Å². The number of hydrogen-bond acceptors (Lipinski definition) is 3. The highest BCUT2D eigenvalue weighted by atomic mass is 127. The van der Waals surface area contributed by atoms with Crippen molar-refractivity contribution >= 4 is 29.9 Å². The Kier molecular flexibility index (Phi) is 7.70. The second kappa shape index (κ2) is 8.53. The van der Waals surface area contributed by atoms with Gasteiger partial charge in [0.15, 0.2) is 5.96 Å². The van der Waals surface area contributed by atoms with Gasteiger partial charge in [-0.1, -0.05) is 13.8 Å². The summed E-state index contributed by atoms with van der Waals surface area (Å²) in [4.78, 5) is 4.63. The van der Waals surface area contributed by atoms with E-state index < -0.39 is 0 Å². The van der Waals surface area contributed by atoms with E-state index in [1.54, 1.807) is 7.11 Å². The Morgan fingerprint density at radius 3 is 2.86 bits per heavy atom. The molecule has 2 aliphatic rings. The van der Waals surface area contributed by atoms with Gasteiger partial charge in [-0.05, 0) is 19.8 Å². The van der Waals surface area contributed by atoms with Crippen molar-refractivity contribution in [3.8, 4) is 0 Å². The van der Waals surface area contributed by atoms with Crippen molar-refractivity contribution in [2.24, 2.45) is 16.3 Å². The molecule has 1 aliphatic carbocycles. The van der Waals surface area contributed by atoms with Crippen molar-refractivity contribution < 1.29 is 9.47 Å². The summed E-state index contributed by atoms with van der Waals surface area (Å²) in [5, 5.41) is 6.94. The quantitative estimate of drug-likeness (QED) is 0.304. The lowest BCUT2D eigenvalue weighted by molar-refractivity contribution is -0.106. The van der Waals surface area contributed by atoms with Gasteiger partial charge in [0.05, 0.1) is 6.10 Å². The zero-order valence-corrected chi connectivity index (χ0v) is 16.0. The summed E-state index contributed by atoms with van der Waals surface area (Å²) in [6.45, 7) is 10.0. The molecule has 1 saturated carbocycles. The average Bonchev–Trinajstić information content (AvgIpc) is 2.87. The van der Waals surface area contributed by atoms with Gasteiger partial charge < -0.3 is 20.1 Å². The second-order valence-electron chi connectivity index (χ2n) is 6.29. The largest absolute Gasteiger partial charge is 0.385 e. The molecule has 2 N–H and O–H groups in total. The Morgan fingerprint density at radius 2 is 2.19 bits per heavy atom. The SMILES string of the molecule is CCNC(=NCCCOC)NC1C2CCOC2C1(C)C.I. The number of guanidine groups is 1. The molecule has 0 aromatic carbocycles. The van der Waals surface area contributed by atoms with Gasteiger partial charge in [0.2, 0.25) is 0 Å². The normalized spacial score (nSPS) is 30.1. The van der Waals surface area contributed by atoms with Crippen LogP contribution in [0.5, 0.6) is 0 Å². The summed E-state index contributed by atoms with van der Waals surface area (Å²) in [5.74, 6) is 1.56. The molecule has 1 aliphatic heterocycles. The van der Waals surface area contributed by atoms with Crippen molar-refractivity contribution in [1.82, 2.24) is 10.6 Å². The first-order chi connectivity index (χ1) is 9.61. The Balaban J connectivity index is 0.00000220. The van der Waals surface area contributed by atoms with E-state index in [-0.39, 0.29) is 29.4 Å². The predicted molar refractivity (Wildman–Crippen MR) is 96.4 cm³/mol. The fourth-order valence-electron chi connectivity index (χ4n) is 3.48. The first-order valence-electron chi connectivity index (χ1n) is 7.76. The molecule has 6 heteroatoms. The Hall–Kier alpha value is -0.0800. The molecule has 2 fully saturated rings. The fraction of sp³-hybridized carbons (Fsp3) is 0.933. The van der Waals surface area contributed by atoms with Crippen LogP contribution in [0, 0.1) is 11.3 Å².